The van der Waals surface area contributed by atoms with Crippen molar-refractivity contribution in [1.82, 2.24) is 0 Å². The normalized spacial score (nSPS) is 13.2. The molecule has 10 heteroatoms. The number of carbonyl (C=O) groups excluding carboxylic acids is 1. The van der Waals surface area contributed by atoms with Crippen molar-refractivity contribution in [3.8, 4) is 0 Å². The van der Waals surface area contributed by atoms with Crippen LogP contribution in [0.25, 0.3) is 0 Å². The SMILES string of the molecule is C=CC(=O)OCCOC(F)(F)C(F)(F)C(F)(F)CF. The van der Waals surface area contributed by atoms with Crippen LogP contribution in [-0.4, -0.2) is 43.8 Å². The summed E-state index contributed by atoms with van der Waals surface area (Å²) in [6, 6.07) is 0. The number of carbonyl (C=O) groups is 1. The average Bonchev–Trinajstić information content (AvgIpc) is 2.33. The van der Waals surface area contributed by atoms with Gasteiger partial charge in [0.15, 0.2) is 6.67 Å². The van der Waals surface area contributed by atoms with Crippen molar-refractivity contribution in [2.45, 2.75) is 18.0 Å². The molecule has 0 bridgehead atoms. The van der Waals surface area contributed by atoms with Gasteiger partial charge in [-0.2, -0.15) is 26.3 Å². The molecule has 112 valence electrons. The van der Waals surface area contributed by atoms with Crippen LogP contribution in [0, 0.1) is 0 Å². The fourth-order valence-electron chi connectivity index (χ4n) is 0.758. The summed E-state index contributed by atoms with van der Waals surface area (Å²) < 4.78 is 94.3. The number of esters is 1. The first-order chi connectivity index (χ1) is 8.52. The van der Waals surface area contributed by atoms with Crippen molar-refractivity contribution in [1.29, 1.82) is 0 Å². The molecule has 0 rings (SSSR count). The predicted molar refractivity (Wildman–Crippen MR) is 47.9 cm³/mol. The maximum absolute atomic E-state index is 12.7. The van der Waals surface area contributed by atoms with Gasteiger partial charge in [0, 0.05) is 6.08 Å². The lowest BCUT2D eigenvalue weighted by Gasteiger charge is -2.30. The Morgan fingerprint density at radius 2 is 1.63 bits per heavy atom. The highest BCUT2D eigenvalue weighted by Gasteiger charge is 2.73. The minimum atomic E-state index is -6.04. The number of halogens is 7. The number of ether oxygens (including phenoxy) is 2. The summed E-state index contributed by atoms with van der Waals surface area (Å²) in [6.07, 6.45) is -4.97. The molecule has 0 saturated heterocycles. The van der Waals surface area contributed by atoms with Gasteiger partial charge in [-0.3, -0.25) is 0 Å². The first-order valence-corrected chi connectivity index (χ1v) is 4.64. The maximum Gasteiger partial charge on any atom is 0.426 e. The van der Waals surface area contributed by atoms with E-state index in [9.17, 15) is 35.5 Å². The molecule has 0 aliphatic rings. The number of alkyl halides is 7. The van der Waals surface area contributed by atoms with E-state index in [1.165, 1.54) is 0 Å². The molecule has 0 aromatic heterocycles. The van der Waals surface area contributed by atoms with Crippen LogP contribution in [0.2, 0.25) is 0 Å². The summed E-state index contributed by atoms with van der Waals surface area (Å²) in [5, 5.41) is 0. The summed E-state index contributed by atoms with van der Waals surface area (Å²) in [6.45, 7) is -2.21. The summed E-state index contributed by atoms with van der Waals surface area (Å²) in [7, 11) is 0. The molecule has 0 amide bonds. The smallest absolute Gasteiger partial charge is 0.426 e. The minimum Gasteiger partial charge on any atom is -0.460 e. The summed E-state index contributed by atoms with van der Waals surface area (Å²) >= 11 is 0. The van der Waals surface area contributed by atoms with Gasteiger partial charge in [-0.25, -0.2) is 9.18 Å². The zero-order chi connectivity index (χ0) is 15.3. The van der Waals surface area contributed by atoms with Crippen LogP contribution in [0.3, 0.4) is 0 Å². The molecule has 0 saturated carbocycles. The van der Waals surface area contributed by atoms with Gasteiger partial charge >= 0.3 is 23.9 Å². The lowest BCUT2D eigenvalue weighted by molar-refractivity contribution is -0.400. The molecule has 19 heavy (non-hydrogen) atoms. The second kappa shape index (κ2) is 6.22. The fraction of sp³-hybridized carbons (Fsp3) is 0.667. The third kappa shape index (κ3) is 4.08. The van der Waals surface area contributed by atoms with E-state index >= 15 is 0 Å². The Labute approximate surface area is 103 Å². The lowest BCUT2D eigenvalue weighted by Crippen LogP contribution is -2.56. The van der Waals surface area contributed by atoms with E-state index in [0.717, 1.165) is 0 Å². The molecule has 0 heterocycles. The summed E-state index contributed by atoms with van der Waals surface area (Å²) in [5.74, 6) is -12.7. The Kier molecular flexibility index (Phi) is 5.79. The van der Waals surface area contributed by atoms with Crippen molar-refractivity contribution in [2.75, 3.05) is 19.9 Å². The Hall–Kier alpha value is -1.32. The molecule has 0 fully saturated rings. The number of hydrogen-bond acceptors (Lipinski definition) is 3. The molecule has 0 radical (unpaired) electrons. The Bertz CT molecular complexity index is 330. The Morgan fingerprint density at radius 1 is 1.11 bits per heavy atom. The van der Waals surface area contributed by atoms with Gasteiger partial charge < -0.3 is 9.47 Å². The molecule has 0 aromatic carbocycles. The molecule has 0 unspecified atom stereocenters. The first-order valence-electron chi connectivity index (χ1n) is 4.64. The van der Waals surface area contributed by atoms with Crippen molar-refractivity contribution >= 4 is 5.97 Å². The highest BCUT2D eigenvalue weighted by molar-refractivity contribution is 5.81. The minimum absolute atomic E-state index is 0.657. The molecule has 0 N–H and O–H groups in total. The van der Waals surface area contributed by atoms with Gasteiger partial charge in [0.2, 0.25) is 0 Å². The van der Waals surface area contributed by atoms with Crippen molar-refractivity contribution in [2.24, 2.45) is 0 Å². The van der Waals surface area contributed by atoms with Crippen LogP contribution in [0.15, 0.2) is 12.7 Å². The third-order valence-corrected chi connectivity index (χ3v) is 1.77. The van der Waals surface area contributed by atoms with Crippen LogP contribution >= 0.6 is 0 Å². The molecular formula is C9H9F7O3. The third-order valence-electron chi connectivity index (χ3n) is 1.77. The molecule has 3 nitrogen and oxygen atoms in total. The Morgan fingerprint density at radius 3 is 2.05 bits per heavy atom. The van der Waals surface area contributed by atoms with E-state index in [1.54, 1.807) is 0 Å². The highest BCUT2D eigenvalue weighted by Crippen LogP contribution is 2.46. The molecule has 0 aliphatic carbocycles. The van der Waals surface area contributed by atoms with Crippen LogP contribution in [0.1, 0.15) is 0 Å². The molecule has 0 atom stereocenters. The van der Waals surface area contributed by atoms with Crippen LogP contribution < -0.4 is 0 Å². The molecule has 0 spiro atoms. The second-order valence-corrected chi connectivity index (χ2v) is 3.15. The maximum atomic E-state index is 12.7. The average molecular weight is 298 g/mol. The number of hydrogen-bond donors (Lipinski definition) is 0. The second-order valence-electron chi connectivity index (χ2n) is 3.15. The van der Waals surface area contributed by atoms with Crippen molar-refractivity contribution in [3.05, 3.63) is 12.7 Å². The summed E-state index contributed by atoms with van der Waals surface area (Å²) in [4.78, 5) is 10.4. The largest absolute Gasteiger partial charge is 0.460 e. The zero-order valence-corrected chi connectivity index (χ0v) is 9.28. The van der Waals surface area contributed by atoms with Crippen LogP contribution in [-0.2, 0) is 14.3 Å². The van der Waals surface area contributed by atoms with E-state index in [4.69, 9.17) is 0 Å². The van der Waals surface area contributed by atoms with E-state index in [-0.39, 0.29) is 0 Å². The highest BCUT2D eigenvalue weighted by atomic mass is 19.4. The standard InChI is InChI=1S/C9H9F7O3/c1-2-6(17)18-3-4-19-9(15,16)8(13,14)7(11,12)5-10/h2H,1,3-5H2. The van der Waals surface area contributed by atoms with Gasteiger partial charge in [-0.1, -0.05) is 6.58 Å². The Balaban J connectivity index is 4.53. The first kappa shape index (κ1) is 17.7. The van der Waals surface area contributed by atoms with Crippen LogP contribution in [0.5, 0.6) is 0 Å². The zero-order valence-electron chi connectivity index (χ0n) is 9.28. The van der Waals surface area contributed by atoms with Gasteiger partial charge in [-0.15, -0.1) is 0 Å². The van der Waals surface area contributed by atoms with Gasteiger partial charge in [0.1, 0.15) is 6.61 Å². The van der Waals surface area contributed by atoms with E-state index in [1.807, 2.05) is 0 Å². The van der Waals surface area contributed by atoms with Gasteiger partial charge in [0.25, 0.3) is 0 Å². The fourth-order valence-corrected chi connectivity index (χ4v) is 0.758. The quantitative estimate of drug-likeness (QED) is 0.299. The van der Waals surface area contributed by atoms with E-state index in [2.05, 4.69) is 16.1 Å². The van der Waals surface area contributed by atoms with E-state index in [0.29, 0.717) is 6.08 Å². The van der Waals surface area contributed by atoms with Crippen LogP contribution in [0.4, 0.5) is 30.7 Å². The predicted octanol–water partition coefficient (Wildman–Crippen LogP) is 2.57. The van der Waals surface area contributed by atoms with Crippen molar-refractivity contribution in [3.63, 3.8) is 0 Å². The number of rotatable bonds is 8. The topological polar surface area (TPSA) is 35.5 Å². The lowest BCUT2D eigenvalue weighted by atomic mass is 10.2. The monoisotopic (exact) mass is 298 g/mol. The molecule has 0 aliphatic heterocycles. The van der Waals surface area contributed by atoms with Crippen molar-refractivity contribution < 1.29 is 45.0 Å². The van der Waals surface area contributed by atoms with E-state index < -0.39 is 43.8 Å². The molecular weight excluding hydrogens is 289 g/mol. The van der Waals surface area contributed by atoms with Gasteiger partial charge in [0.05, 0.1) is 6.61 Å². The summed E-state index contributed by atoms with van der Waals surface area (Å²) in [5.41, 5.74) is 0. The molecule has 0 aromatic rings. The van der Waals surface area contributed by atoms with Gasteiger partial charge in [-0.05, 0) is 0 Å².